The molecule has 5 heteroatoms. The van der Waals surface area contributed by atoms with Crippen LogP contribution in [0.3, 0.4) is 0 Å². The van der Waals surface area contributed by atoms with E-state index in [9.17, 15) is 14.7 Å². The average molecular weight is 268 g/mol. The summed E-state index contributed by atoms with van der Waals surface area (Å²) in [6.45, 7) is 4.50. The van der Waals surface area contributed by atoms with Crippen LogP contribution in [0, 0.1) is 11.8 Å². The number of carboxylic acids is 1. The van der Waals surface area contributed by atoms with E-state index in [0.717, 1.165) is 13.0 Å². The van der Waals surface area contributed by atoms with Gasteiger partial charge < -0.3 is 15.7 Å². The largest absolute Gasteiger partial charge is 0.480 e. The quantitative estimate of drug-likeness (QED) is 0.698. The van der Waals surface area contributed by atoms with E-state index in [2.05, 4.69) is 10.6 Å². The van der Waals surface area contributed by atoms with E-state index < -0.39 is 11.5 Å². The van der Waals surface area contributed by atoms with Gasteiger partial charge >= 0.3 is 5.97 Å². The third-order valence-electron chi connectivity index (χ3n) is 5.01. The number of carbonyl (C=O) groups excluding carboxylic acids is 1. The first-order chi connectivity index (χ1) is 9.04. The van der Waals surface area contributed by atoms with Gasteiger partial charge in [0, 0.05) is 0 Å². The van der Waals surface area contributed by atoms with Gasteiger partial charge in [-0.25, -0.2) is 4.79 Å². The van der Waals surface area contributed by atoms with Crippen molar-refractivity contribution < 1.29 is 14.7 Å². The molecular weight excluding hydrogens is 244 g/mol. The predicted molar refractivity (Wildman–Crippen MR) is 71.7 cm³/mol. The third kappa shape index (κ3) is 2.48. The molecule has 0 spiro atoms. The molecular formula is C14H24N2O3. The molecule has 2 fully saturated rings. The lowest BCUT2D eigenvalue weighted by Gasteiger charge is -2.30. The molecule has 0 radical (unpaired) electrons. The summed E-state index contributed by atoms with van der Waals surface area (Å²) >= 11 is 0. The Morgan fingerprint density at radius 1 is 1.32 bits per heavy atom. The van der Waals surface area contributed by atoms with Gasteiger partial charge in [-0.3, -0.25) is 4.79 Å². The van der Waals surface area contributed by atoms with Gasteiger partial charge in [-0.15, -0.1) is 0 Å². The molecule has 0 aromatic carbocycles. The van der Waals surface area contributed by atoms with Crippen molar-refractivity contribution in [3.63, 3.8) is 0 Å². The summed E-state index contributed by atoms with van der Waals surface area (Å²) in [7, 11) is 0. The van der Waals surface area contributed by atoms with Crippen LogP contribution >= 0.6 is 0 Å². The molecule has 1 saturated carbocycles. The van der Waals surface area contributed by atoms with Gasteiger partial charge in [-0.05, 0) is 44.1 Å². The van der Waals surface area contributed by atoms with E-state index in [1.54, 1.807) is 13.8 Å². The molecule has 1 aliphatic heterocycles. The van der Waals surface area contributed by atoms with E-state index in [0.29, 0.717) is 24.7 Å². The van der Waals surface area contributed by atoms with Gasteiger partial charge in [0.15, 0.2) is 0 Å². The highest BCUT2D eigenvalue weighted by atomic mass is 16.4. The number of fused-ring (bicyclic) bond motifs is 1. The fourth-order valence-corrected chi connectivity index (χ4v) is 3.57. The second-order valence-corrected chi connectivity index (χ2v) is 5.82. The van der Waals surface area contributed by atoms with Crippen molar-refractivity contribution in [2.24, 2.45) is 11.8 Å². The van der Waals surface area contributed by atoms with Crippen molar-refractivity contribution in [1.82, 2.24) is 10.6 Å². The molecule has 0 bridgehead atoms. The molecule has 2 rings (SSSR count). The van der Waals surface area contributed by atoms with Crippen LogP contribution < -0.4 is 10.6 Å². The molecule has 0 aromatic heterocycles. The van der Waals surface area contributed by atoms with E-state index in [1.165, 1.54) is 12.8 Å². The Balaban J connectivity index is 2.05. The van der Waals surface area contributed by atoms with Crippen molar-refractivity contribution in [3.8, 4) is 0 Å². The fourth-order valence-electron chi connectivity index (χ4n) is 3.57. The SMILES string of the molecule is CCC(CC)(NC(=O)C1NCC2CCCC21)C(=O)O. The zero-order valence-corrected chi connectivity index (χ0v) is 11.7. The predicted octanol–water partition coefficient (Wildman–Crippen LogP) is 1.13. The minimum atomic E-state index is -1.12. The molecule has 2 aliphatic rings. The molecule has 108 valence electrons. The number of rotatable bonds is 5. The van der Waals surface area contributed by atoms with E-state index >= 15 is 0 Å². The molecule has 1 saturated heterocycles. The zero-order valence-electron chi connectivity index (χ0n) is 11.7. The summed E-state index contributed by atoms with van der Waals surface area (Å²) < 4.78 is 0. The first-order valence-corrected chi connectivity index (χ1v) is 7.33. The molecule has 5 nitrogen and oxygen atoms in total. The number of hydrogen-bond donors (Lipinski definition) is 3. The number of aliphatic carboxylic acids is 1. The van der Waals surface area contributed by atoms with Gasteiger partial charge in [0.05, 0.1) is 6.04 Å². The highest BCUT2D eigenvalue weighted by molar-refractivity contribution is 5.90. The average Bonchev–Trinajstić information content (AvgIpc) is 2.97. The molecule has 3 atom stereocenters. The van der Waals surface area contributed by atoms with Crippen LogP contribution in [0.25, 0.3) is 0 Å². The normalized spacial score (nSPS) is 30.1. The van der Waals surface area contributed by atoms with Crippen LogP contribution in [0.4, 0.5) is 0 Å². The zero-order chi connectivity index (χ0) is 14.0. The second-order valence-electron chi connectivity index (χ2n) is 5.82. The van der Waals surface area contributed by atoms with Crippen molar-refractivity contribution in [2.45, 2.75) is 57.5 Å². The van der Waals surface area contributed by atoms with Crippen LogP contribution in [0.15, 0.2) is 0 Å². The van der Waals surface area contributed by atoms with Crippen LogP contribution in [-0.4, -0.2) is 35.1 Å². The Kier molecular flexibility index (Phi) is 4.13. The van der Waals surface area contributed by atoms with Crippen LogP contribution in [0.1, 0.15) is 46.0 Å². The molecule has 3 N–H and O–H groups in total. The first kappa shape index (κ1) is 14.3. The maximum absolute atomic E-state index is 12.4. The van der Waals surface area contributed by atoms with Gasteiger partial charge in [0.2, 0.25) is 5.91 Å². The number of carboxylic acid groups (broad SMARTS) is 1. The topological polar surface area (TPSA) is 78.4 Å². The lowest BCUT2D eigenvalue weighted by molar-refractivity contribution is -0.148. The van der Waals surface area contributed by atoms with Crippen molar-refractivity contribution in [1.29, 1.82) is 0 Å². The number of nitrogens with one attached hydrogen (secondary N) is 2. The Hall–Kier alpha value is -1.10. The van der Waals surface area contributed by atoms with Crippen molar-refractivity contribution >= 4 is 11.9 Å². The summed E-state index contributed by atoms with van der Waals surface area (Å²) in [5, 5.41) is 15.4. The van der Waals surface area contributed by atoms with E-state index in [-0.39, 0.29) is 11.9 Å². The maximum Gasteiger partial charge on any atom is 0.329 e. The lowest BCUT2D eigenvalue weighted by atomic mass is 9.90. The third-order valence-corrected chi connectivity index (χ3v) is 5.01. The van der Waals surface area contributed by atoms with E-state index in [1.807, 2.05) is 0 Å². The first-order valence-electron chi connectivity index (χ1n) is 7.33. The maximum atomic E-state index is 12.4. The summed E-state index contributed by atoms with van der Waals surface area (Å²) in [6, 6.07) is -0.204. The Labute approximate surface area is 114 Å². The van der Waals surface area contributed by atoms with Crippen molar-refractivity contribution in [3.05, 3.63) is 0 Å². The summed E-state index contributed by atoms with van der Waals surface area (Å²) in [5.41, 5.74) is -1.12. The minimum Gasteiger partial charge on any atom is -0.480 e. The smallest absolute Gasteiger partial charge is 0.329 e. The van der Waals surface area contributed by atoms with Gasteiger partial charge in [0.1, 0.15) is 5.54 Å². The van der Waals surface area contributed by atoms with Gasteiger partial charge in [0.25, 0.3) is 0 Å². The highest BCUT2D eigenvalue weighted by Crippen LogP contribution is 2.37. The summed E-state index contributed by atoms with van der Waals surface area (Å²) in [5.74, 6) is -0.0919. The molecule has 19 heavy (non-hydrogen) atoms. The molecule has 1 amide bonds. The number of carbonyl (C=O) groups is 2. The second kappa shape index (κ2) is 5.49. The van der Waals surface area contributed by atoms with Gasteiger partial charge in [-0.2, -0.15) is 0 Å². The van der Waals surface area contributed by atoms with Crippen molar-refractivity contribution in [2.75, 3.05) is 6.54 Å². The number of hydrogen-bond acceptors (Lipinski definition) is 3. The Morgan fingerprint density at radius 3 is 2.58 bits per heavy atom. The minimum absolute atomic E-state index is 0.138. The highest BCUT2D eigenvalue weighted by Gasteiger charge is 2.45. The van der Waals surface area contributed by atoms with Gasteiger partial charge in [-0.1, -0.05) is 20.3 Å². The van der Waals surface area contributed by atoms with Crippen LogP contribution in [0.2, 0.25) is 0 Å². The summed E-state index contributed by atoms with van der Waals surface area (Å²) in [4.78, 5) is 23.8. The molecule has 1 aliphatic carbocycles. The monoisotopic (exact) mass is 268 g/mol. The van der Waals surface area contributed by atoms with Crippen LogP contribution in [0.5, 0.6) is 0 Å². The van der Waals surface area contributed by atoms with E-state index in [4.69, 9.17) is 0 Å². The molecule has 3 unspecified atom stereocenters. The Bertz CT molecular complexity index is 366. The number of amides is 1. The van der Waals surface area contributed by atoms with Crippen LogP contribution in [-0.2, 0) is 9.59 Å². The Morgan fingerprint density at radius 2 is 2.00 bits per heavy atom. The molecule has 1 heterocycles. The lowest BCUT2D eigenvalue weighted by Crippen LogP contribution is -2.58. The molecule has 0 aromatic rings. The fraction of sp³-hybridized carbons (Fsp3) is 0.857. The standard InChI is InChI=1S/C14H24N2O3/c1-3-14(4-2,13(18)19)16-12(17)11-10-7-5-6-9(10)8-15-11/h9-11,15H,3-8H2,1-2H3,(H,16,17)(H,18,19). The summed E-state index contributed by atoms with van der Waals surface area (Å²) in [6.07, 6.45) is 4.27.